The first-order valence-corrected chi connectivity index (χ1v) is 12.2. The van der Waals surface area contributed by atoms with Gasteiger partial charge < -0.3 is 19.9 Å². The van der Waals surface area contributed by atoms with E-state index in [-0.39, 0.29) is 35.9 Å². The van der Waals surface area contributed by atoms with Crippen molar-refractivity contribution in [3.05, 3.63) is 58.1 Å². The predicted octanol–water partition coefficient (Wildman–Crippen LogP) is 5.08. The van der Waals surface area contributed by atoms with Gasteiger partial charge in [-0.1, -0.05) is 32.0 Å². The van der Waals surface area contributed by atoms with E-state index in [0.29, 0.717) is 24.8 Å². The van der Waals surface area contributed by atoms with E-state index >= 15 is 0 Å². The third-order valence-corrected chi connectivity index (χ3v) is 6.75. The number of ether oxygens (including phenoxy) is 2. The van der Waals surface area contributed by atoms with Crippen LogP contribution in [0.25, 0.3) is 0 Å². The average Bonchev–Trinajstić information content (AvgIpc) is 3.09. The van der Waals surface area contributed by atoms with Crippen LogP contribution in [0.15, 0.2) is 30.3 Å². The zero-order valence-corrected chi connectivity index (χ0v) is 20.7. The summed E-state index contributed by atoms with van der Waals surface area (Å²) in [6, 6.07) is 9.22. The van der Waals surface area contributed by atoms with E-state index in [4.69, 9.17) is 9.47 Å². The molecule has 0 bridgehead atoms. The molecule has 6 nitrogen and oxygen atoms in total. The SMILES string of the molecule is Cc1c2c(c(CCC3CC(O)CC(=O)O3)c(C(C)C)c1NC(=O)c1ccccc1)OC(C)(C)C2. The molecule has 182 valence electrons. The lowest BCUT2D eigenvalue weighted by Crippen LogP contribution is -2.33. The fourth-order valence-corrected chi connectivity index (χ4v) is 5.22. The molecule has 1 fully saturated rings. The fraction of sp³-hybridized carbons (Fsp3) is 0.500. The molecule has 34 heavy (non-hydrogen) atoms. The van der Waals surface area contributed by atoms with Crippen LogP contribution in [0.1, 0.15) is 85.5 Å². The van der Waals surface area contributed by atoms with E-state index in [1.165, 1.54) is 0 Å². The third kappa shape index (κ3) is 4.97. The monoisotopic (exact) mass is 465 g/mol. The van der Waals surface area contributed by atoms with Crippen LogP contribution in [-0.4, -0.2) is 34.8 Å². The Balaban J connectivity index is 1.74. The van der Waals surface area contributed by atoms with Gasteiger partial charge in [0, 0.05) is 35.2 Å². The maximum atomic E-state index is 13.1. The van der Waals surface area contributed by atoms with Crippen molar-refractivity contribution in [1.82, 2.24) is 0 Å². The molecule has 2 aliphatic heterocycles. The van der Waals surface area contributed by atoms with Crippen LogP contribution in [0.3, 0.4) is 0 Å². The Hall–Kier alpha value is -2.86. The van der Waals surface area contributed by atoms with Gasteiger partial charge in [-0.3, -0.25) is 9.59 Å². The highest BCUT2D eigenvalue weighted by molar-refractivity contribution is 6.05. The number of hydrogen-bond donors (Lipinski definition) is 2. The van der Waals surface area contributed by atoms with Crippen LogP contribution < -0.4 is 10.1 Å². The number of aliphatic hydroxyl groups excluding tert-OH is 1. The Labute approximate surface area is 201 Å². The number of nitrogens with one attached hydrogen (secondary N) is 1. The number of carbonyl (C=O) groups excluding carboxylic acids is 2. The van der Waals surface area contributed by atoms with Crippen molar-refractivity contribution in [2.75, 3.05) is 5.32 Å². The van der Waals surface area contributed by atoms with Crippen molar-refractivity contribution in [2.24, 2.45) is 0 Å². The van der Waals surface area contributed by atoms with E-state index in [9.17, 15) is 14.7 Å². The Morgan fingerprint density at radius 3 is 2.59 bits per heavy atom. The van der Waals surface area contributed by atoms with Crippen molar-refractivity contribution >= 4 is 17.6 Å². The number of hydrogen-bond acceptors (Lipinski definition) is 5. The Kier molecular flexibility index (Phi) is 6.72. The van der Waals surface area contributed by atoms with E-state index in [1.807, 2.05) is 30.3 Å². The molecule has 2 unspecified atom stereocenters. The van der Waals surface area contributed by atoms with Gasteiger partial charge in [-0.2, -0.15) is 0 Å². The first-order valence-electron chi connectivity index (χ1n) is 12.2. The molecule has 0 aliphatic carbocycles. The summed E-state index contributed by atoms with van der Waals surface area (Å²) < 4.78 is 12.0. The number of anilines is 1. The van der Waals surface area contributed by atoms with E-state index in [1.54, 1.807) is 0 Å². The van der Waals surface area contributed by atoms with Gasteiger partial charge in [0.15, 0.2) is 0 Å². The standard InChI is InChI=1S/C28H35NO5/c1-16(2)24-21(12-11-20-13-19(30)14-23(31)33-20)26-22(15-28(4,5)34-26)17(3)25(24)29-27(32)18-9-7-6-8-10-18/h6-10,16,19-20,30H,11-15H2,1-5H3,(H,29,32). The van der Waals surface area contributed by atoms with Crippen molar-refractivity contribution < 1.29 is 24.2 Å². The normalized spacial score (nSPS) is 21.1. The summed E-state index contributed by atoms with van der Waals surface area (Å²) in [5, 5.41) is 13.2. The van der Waals surface area contributed by atoms with Gasteiger partial charge in [-0.15, -0.1) is 0 Å². The summed E-state index contributed by atoms with van der Waals surface area (Å²) in [5.41, 5.74) is 5.38. The molecule has 2 heterocycles. The molecule has 0 aromatic heterocycles. The molecule has 2 aromatic rings. The number of rotatable bonds is 6. The average molecular weight is 466 g/mol. The van der Waals surface area contributed by atoms with Crippen molar-refractivity contribution in [2.45, 2.75) is 90.4 Å². The molecule has 2 N–H and O–H groups in total. The van der Waals surface area contributed by atoms with Crippen molar-refractivity contribution in [3.63, 3.8) is 0 Å². The molecular formula is C28H35NO5. The van der Waals surface area contributed by atoms with E-state index < -0.39 is 6.10 Å². The highest BCUT2D eigenvalue weighted by Crippen LogP contribution is 2.48. The zero-order chi connectivity index (χ0) is 24.6. The van der Waals surface area contributed by atoms with E-state index in [2.05, 4.69) is 39.9 Å². The Morgan fingerprint density at radius 1 is 1.24 bits per heavy atom. The third-order valence-electron chi connectivity index (χ3n) is 6.75. The largest absolute Gasteiger partial charge is 0.487 e. The fourth-order valence-electron chi connectivity index (χ4n) is 5.22. The summed E-state index contributed by atoms with van der Waals surface area (Å²) in [7, 11) is 0. The number of benzene rings is 2. The molecule has 0 spiro atoms. The minimum atomic E-state index is -0.657. The first kappa shape index (κ1) is 24.3. The number of cyclic esters (lactones) is 1. The van der Waals surface area contributed by atoms with Gasteiger partial charge in [-0.25, -0.2) is 0 Å². The van der Waals surface area contributed by atoms with Gasteiger partial charge in [0.1, 0.15) is 17.5 Å². The minimum absolute atomic E-state index is 0.0562. The van der Waals surface area contributed by atoms with Gasteiger partial charge >= 0.3 is 5.97 Å². The van der Waals surface area contributed by atoms with Gasteiger partial charge in [-0.05, 0) is 62.8 Å². The lowest BCUT2D eigenvalue weighted by atomic mass is 9.84. The Bertz CT molecular complexity index is 1090. The van der Waals surface area contributed by atoms with Gasteiger partial charge in [0.2, 0.25) is 0 Å². The summed E-state index contributed by atoms with van der Waals surface area (Å²) >= 11 is 0. The van der Waals surface area contributed by atoms with Crippen LogP contribution in [-0.2, 0) is 22.4 Å². The zero-order valence-electron chi connectivity index (χ0n) is 20.7. The molecule has 2 aliphatic rings. The maximum Gasteiger partial charge on any atom is 0.308 e. The van der Waals surface area contributed by atoms with E-state index in [0.717, 1.165) is 40.1 Å². The predicted molar refractivity (Wildman–Crippen MR) is 132 cm³/mol. The summed E-state index contributed by atoms with van der Waals surface area (Å²) in [6.45, 7) is 10.4. The number of fused-ring (bicyclic) bond motifs is 1. The number of amides is 1. The van der Waals surface area contributed by atoms with Crippen LogP contribution >= 0.6 is 0 Å². The van der Waals surface area contributed by atoms with Crippen LogP contribution in [0.2, 0.25) is 0 Å². The molecule has 2 atom stereocenters. The van der Waals surface area contributed by atoms with Crippen molar-refractivity contribution in [3.8, 4) is 5.75 Å². The highest BCUT2D eigenvalue weighted by atomic mass is 16.5. The van der Waals surface area contributed by atoms with Gasteiger partial charge in [0.05, 0.1) is 12.5 Å². The summed E-state index contributed by atoms with van der Waals surface area (Å²) in [6.07, 6.45) is 1.49. The second-order valence-corrected chi connectivity index (χ2v) is 10.5. The van der Waals surface area contributed by atoms with Gasteiger partial charge in [0.25, 0.3) is 5.91 Å². The summed E-state index contributed by atoms with van der Waals surface area (Å²) in [4.78, 5) is 25.0. The smallest absolute Gasteiger partial charge is 0.308 e. The molecule has 2 aromatic carbocycles. The Morgan fingerprint density at radius 2 is 1.94 bits per heavy atom. The number of aliphatic hydroxyl groups is 1. The second kappa shape index (κ2) is 9.41. The second-order valence-electron chi connectivity index (χ2n) is 10.5. The molecule has 1 saturated heterocycles. The highest BCUT2D eigenvalue weighted by Gasteiger charge is 2.37. The topological polar surface area (TPSA) is 84.9 Å². The molecule has 0 radical (unpaired) electrons. The lowest BCUT2D eigenvalue weighted by molar-refractivity contribution is -0.160. The molecule has 0 saturated carbocycles. The van der Waals surface area contributed by atoms with Crippen LogP contribution in [0.4, 0.5) is 5.69 Å². The molecule has 4 rings (SSSR count). The summed E-state index contributed by atoms with van der Waals surface area (Å²) in [5.74, 6) is 0.539. The lowest BCUT2D eigenvalue weighted by Gasteiger charge is -2.28. The molecule has 6 heteroatoms. The first-order chi connectivity index (χ1) is 16.1. The molecule has 1 amide bonds. The minimum Gasteiger partial charge on any atom is -0.487 e. The quantitative estimate of drug-likeness (QED) is 0.581. The van der Waals surface area contributed by atoms with Crippen LogP contribution in [0, 0.1) is 6.92 Å². The number of esters is 1. The molecular weight excluding hydrogens is 430 g/mol. The maximum absolute atomic E-state index is 13.1. The van der Waals surface area contributed by atoms with Crippen LogP contribution in [0.5, 0.6) is 5.75 Å². The number of carbonyl (C=O) groups is 2. The van der Waals surface area contributed by atoms with Crippen molar-refractivity contribution in [1.29, 1.82) is 0 Å².